The van der Waals surface area contributed by atoms with Gasteiger partial charge in [0.25, 0.3) is 0 Å². The van der Waals surface area contributed by atoms with Crippen LogP contribution >= 0.6 is 11.8 Å². The Bertz CT molecular complexity index is 729. The maximum absolute atomic E-state index is 9.81. The minimum absolute atomic E-state index is 0.595. The van der Waals surface area contributed by atoms with E-state index < -0.39 is 6.10 Å². The van der Waals surface area contributed by atoms with Gasteiger partial charge in [0.2, 0.25) is 5.16 Å². The molecule has 0 amide bonds. The highest BCUT2D eigenvalue weighted by atomic mass is 32.2. The summed E-state index contributed by atoms with van der Waals surface area (Å²) in [6.45, 7) is 1.71. The van der Waals surface area contributed by atoms with Crippen LogP contribution in [0.4, 0.5) is 0 Å². The summed E-state index contributed by atoms with van der Waals surface area (Å²) in [5.74, 6) is 0. The van der Waals surface area contributed by atoms with E-state index in [1.807, 2.05) is 36.4 Å². The minimum atomic E-state index is -0.595. The van der Waals surface area contributed by atoms with Gasteiger partial charge in [-0.05, 0) is 47.3 Å². The van der Waals surface area contributed by atoms with Gasteiger partial charge in [0, 0.05) is 11.8 Å². The first-order valence-corrected chi connectivity index (χ1v) is 7.22. The summed E-state index contributed by atoms with van der Waals surface area (Å²) in [7, 11) is 0. The van der Waals surface area contributed by atoms with E-state index >= 15 is 0 Å². The molecule has 21 heavy (non-hydrogen) atoms. The summed E-state index contributed by atoms with van der Waals surface area (Å²) in [5, 5.41) is 22.9. The van der Waals surface area contributed by atoms with Gasteiger partial charge in [-0.3, -0.25) is 0 Å². The summed E-state index contributed by atoms with van der Waals surface area (Å²) in [6, 6.07) is 13.3. The van der Waals surface area contributed by atoms with Crippen molar-refractivity contribution < 1.29 is 5.11 Å². The molecule has 106 valence electrons. The molecular weight excluding hydrogens is 286 g/mol. The third kappa shape index (κ3) is 2.93. The molecule has 0 radical (unpaired) electrons. The van der Waals surface area contributed by atoms with Gasteiger partial charge in [0.05, 0.1) is 11.8 Å². The highest BCUT2D eigenvalue weighted by Gasteiger charge is 2.15. The van der Waals surface area contributed by atoms with Crippen LogP contribution in [0.3, 0.4) is 0 Å². The Morgan fingerprint density at radius 3 is 2.71 bits per heavy atom. The molecule has 0 aliphatic carbocycles. The van der Waals surface area contributed by atoms with Crippen LogP contribution in [-0.4, -0.2) is 30.3 Å². The number of aliphatic hydroxyl groups is 1. The highest BCUT2D eigenvalue weighted by Crippen LogP contribution is 2.30. The SMILES string of the molecule is C[C@H](O)c1cccnc1Sc1nnnn1-c1ccccc1. The van der Waals surface area contributed by atoms with Crippen LogP contribution in [0.15, 0.2) is 58.8 Å². The first-order valence-electron chi connectivity index (χ1n) is 6.40. The second kappa shape index (κ2) is 6.02. The second-order valence-corrected chi connectivity index (χ2v) is 5.34. The number of nitrogens with zero attached hydrogens (tertiary/aromatic N) is 5. The van der Waals surface area contributed by atoms with E-state index in [2.05, 4.69) is 20.5 Å². The van der Waals surface area contributed by atoms with Crippen molar-refractivity contribution in [2.75, 3.05) is 0 Å². The molecule has 0 aliphatic heterocycles. The van der Waals surface area contributed by atoms with Crippen molar-refractivity contribution in [1.29, 1.82) is 0 Å². The van der Waals surface area contributed by atoms with Crippen molar-refractivity contribution in [1.82, 2.24) is 25.2 Å². The fourth-order valence-corrected chi connectivity index (χ4v) is 2.82. The van der Waals surface area contributed by atoms with E-state index in [0.717, 1.165) is 11.3 Å². The summed E-state index contributed by atoms with van der Waals surface area (Å²) in [4.78, 5) is 4.30. The minimum Gasteiger partial charge on any atom is -0.389 e. The maximum atomic E-state index is 9.81. The maximum Gasteiger partial charge on any atom is 0.220 e. The number of aliphatic hydroxyl groups excluding tert-OH is 1. The molecule has 0 aliphatic rings. The number of para-hydroxylation sites is 1. The molecule has 1 aromatic carbocycles. The molecule has 2 heterocycles. The normalized spacial score (nSPS) is 12.3. The topological polar surface area (TPSA) is 76.7 Å². The zero-order valence-corrected chi connectivity index (χ0v) is 12.1. The van der Waals surface area contributed by atoms with Gasteiger partial charge in [-0.15, -0.1) is 5.10 Å². The summed E-state index contributed by atoms with van der Waals surface area (Å²) < 4.78 is 1.64. The average molecular weight is 299 g/mol. The van der Waals surface area contributed by atoms with Crippen molar-refractivity contribution in [2.24, 2.45) is 0 Å². The number of hydrogen-bond acceptors (Lipinski definition) is 6. The highest BCUT2D eigenvalue weighted by molar-refractivity contribution is 7.99. The van der Waals surface area contributed by atoms with Crippen LogP contribution in [-0.2, 0) is 0 Å². The predicted octanol–water partition coefficient (Wildman–Crippen LogP) is 2.26. The lowest BCUT2D eigenvalue weighted by Gasteiger charge is -2.09. The second-order valence-electron chi connectivity index (χ2n) is 4.38. The van der Waals surface area contributed by atoms with Gasteiger partial charge in [0.15, 0.2) is 0 Å². The quantitative estimate of drug-likeness (QED) is 0.796. The molecule has 3 aromatic rings. The lowest BCUT2D eigenvalue weighted by Crippen LogP contribution is -2.00. The van der Waals surface area contributed by atoms with Gasteiger partial charge < -0.3 is 5.11 Å². The Labute approximate surface area is 125 Å². The van der Waals surface area contributed by atoms with Crippen LogP contribution in [0.25, 0.3) is 5.69 Å². The molecule has 0 unspecified atom stereocenters. The van der Waals surface area contributed by atoms with Crippen molar-refractivity contribution >= 4 is 11.8 Å². The standard InChI is InChI=1S/C14H13N5OS/c1-10(20)12-8-5-9-15-13(12)21-14-16-17-18-19(14)11-6-3-2-4-7-11/h2-10,20H,1H3/t10-/m0/s1. The van der Waals surface area contributed by atoms with Crippen molar-refractivity contribution in [2.45, 2.75) is 23.2 Å². The molecule has 1 N–H and O–H groups in total. The lowest BCUT2D eigenvalue weighted by molar-refractivity contribution is 0.195. The molecule has 6 nitrogen and oxygen atoms in total. The average Bonchev–Trinajstić information content (AvgIpc) is 2.96. The molecule has 0 spiro atoms. The fraction of sp³-hybridized carbons (Fsp3) is 0.143. The summed E-state index contributed by atoms with van der Waals surface area (Å²) in [5.41, 5.74) is 1.63. The Morgan fingerprint density at radius 1 is 1.14 bits per heavy atom. The van der Waals surface area contributed by atoms with E-state index in [1.165, 1.54) is 11.8 Å². The number of benzene rings is 1. The van der Waals surface area contributed by atoms with Crippen LogP contribution in [0.1, 0.15) is 18.6 Å². The molecule has 2 aromatic heterocycles. The largest absolute Gasteiger partial charge is 0.389 e. The van der Waals surface area contributed by atoms with Gasteiger partial charge in [-0.25, -0.2) is 4.98 Å². The molecular formula is C14H13N5OS. The van der Waals surface area contributed by atoms with Crippen LogP contribution < -0.4 is 0 Å². The number of pyridine rings is 1. The third-order valence-corrected chi connectivity index (χ3v) is 3.85. The predicted molar refractivity (Wildman–Crippen MR) is 78.1 cm³/mol. The monoisotopic (exact) mass is 299 g/mol. The Morgan fingerprint density at radius 2 is 1.95 bits per heavy atom. The van der Waals surface area contributed by atoms with E-state index in [9.17, 15) is 5.11 Å². The van der Waals surface area contributed by atoms with Gasteiger partial charge in [-0.2, -0.15) is 4.68 Å². The molecule has 7 heteroatoms. The van der Waals surface area contributed by atoms with Crippen molar-refractivity contribution in [3.05, 3.63) is 54.2 Å². The molecule has 3 rings (SSSR count). The molecule has 0 saturated heterocycles. The van der Waals surface area contributed by atoms with Crippen molar-refractivity contribution in [3.63, 3.8) is 0 Å². The first kappa shape index (κ1) is 13.7. The zero-order valence-electron chi connectivity index (χ0n) is 11.3. The zero-order chi connectivity index (χ0) is 14.7. The van der Waals surface area contributed by atoms with E-state index in [4.69, 9.17) is 0 Å². The molecule has 0 fully saturated rings. The first-order chi connectivity index (χ1) is 10.3. The fourth-order valence-electron chi connectivity index (χ4n) is 1.87. The smallest absolute Gasteiger partial charge is 0.220 e. The summed E-state index contributed by atoms with van der Waals surface area (Å²) >= 11 is 1.33. The van der Waals surface area contributed by atoms with Gasteiger partial charge >= 0.3 is 0 Å². The molecule has 0 saturated carbocycles. The molecule has 0 bridgehead atoms. The lowest BCUT2D eigenvalue weighted by atomic mass is 10.2. The van der Waals surface area contributed by atoms with E-state index in [1.54, 1.807) is 23.9 Å². The number of hydrogen-bond donors (Lipinski definition) is 1. The van der Waals surface area contributed by atoms with E-state index in [0.29, 0.717) is 10.2 Å². The third-order valence-electron chi connectivity index (χ3n) is 2.88. The van der Waals surface area contributed by atoms with Crippen LogP contribution in [0.2, 0.25) is 0 Å². The van der Waals surface area contributed by atoms with Crippen molar-refractivity contribution in [3.8, 4) is 5.69 Å². The Kier molecular flexibility index (Phi) is 3.94. The number of rotatable bonds is 4. The Balaban J connectivity index is 1.96. The van der Waals surface area contributed by atoms with E-state index in [-0.39, 0.29) is 0 Å². The Hall–Kier alpha value is -2.25. The summed E-state index contributed by atoms with van der Waals surface area (Å²) in [6.07, 6.45) is 1.09. The number of tetrazole rings is 1. The number of aromatic nitrogens is 5. The van der Waals surface area contributed by atoms with Crippen LogP contribution in [0, 0.1) is 0 Å². The van der Waals surface area contributed by atoms with Gasteiger partial charge in [0.1, 0.15) is 5.03 Å². The molecule has 1 atom stereocenters. The van der Waals surface area contributed by atoms with Gasteiger partial charge in [-0.1, -0.05) is 24.3 Å². The van der Waals surface area contributed by atoms with Crippen LogP contribution in [0.5, 0.6) is 0 Å².